The van der Waals surface area contributed by atoms with Crippen LogP contribution in [-0.2, 0) is 19.1 Å². The number of carbonyl (C=O) groups excluding carboxylic acids is 3. The van der Waals surface area contributed by atoms with Gasteiger partial charge in [0.1, 0.15) is 5.75 Å². The summed E-state index contributed by atoms with van der Waals surface area (Å²) in [6.07, 6.45) is 1.36. The molecule has 2 aliphatic heterocycles. The van der Waals surface area contributed by atoms with Crippen LogP contribution >= 0.6 is 0 Å². The van der Waals surface area contributed by atoms with Gasteiger partial charge in [0.05, 0.1) is 12.1 Å². The van der Waals surface area contributed by atoms with Gasteiger partial charge in [-0.2, -0.15) is 0 Å². The summed E-state index contributed by atoms with van der Waals surface area (Å²) in [7, 11) is 0. The van der Waals surface area contributed by atoms with Crippen LogP contribution in [0.4, 0.5) is 17.1 Å². The van der Waals surface area contributed by atoms with Gasteiger partial charge < -0.3 is 25.0 Å². The molecular formula is C24H27N3O5. The standard InChI is InChI=1S/C24H27N3O5/c1-16(23(29)25-17-9-11-18(12-10-17)27-13-5-2-6-14-27)31-22(28)15-21-24(30)26-19-7-3-4-8-20(19)32-21/h3-4,7-12,16,21H,2,5-6,13-15H2,1H3,(H,25,29)(H,26,30)/t16-,21-/m0/s1. The zero-order chi connectivity index (χ0) is 22.5. The molecule has 2 heterocycles. The summed E-state index contributed by atoms with van der Waals surface area (Å²) in [5.74, 6) is -1.06. The average Bonchev–Trinajstić information content (AvgIpc) is 2.80. The quantitative estimate of drug-likeness (QED) is 0.673. The lowest BCUT2D eigenvalue weighted by Gasteiger charge is -2.28. The van der Waals surface area contributed by atoms with E-state index in [0.29, 0.717) is 17.1 Å². The second kappa shape index (κ2) is 9.72. The molecule has 0 spiro atoms. The fourth-order valence-corrected chi connectivity index (χ4v) is 3.83. The zero-order valence-electron chi connectivity index (χ0n) is 18.0. The van der Waals surface area contributed by atoms with Gasteiger partial charge in [-0.1, -0.05) is 12.1 Å². The number of amides is 2. The van der Waals surface area contributed by atoms with Gasteiger partial charge in [0, 0.05) is 24.5 Å². The Hall–Kier alpha value is -3.55. The van der Waals surface area contributed by atoms with Crippen molar-refractivity contribution in [3.8, 4) is 5.75 Å². The van der Waals surface area contributed by atoms with Crippen molar-refractivity contribution in [1.82, 2.24) is 0 Å². The molecule has 1 saturated heterocycles. The van der Waals surface area contributed by atoms with Gasteiger partial charge in [0.15, 0.2) is 12.2 Å². The Morgan fingerprint density at radius 1 is 1.12 bits per heavy atom. The highest BCUT2D eigenvalue weighted by Gasteiger charge is 2.31. The van der Waals surface area contributed by atoms with Gasteiger partial charge in [0.25, 0.3) is 11.8 Å². The highest BCUT2D eigenvalue weighted by atomic mass is 16.6. The molecule has 0 saturated carbocycles. The van der Waals surface area contributed by atoms with E-state index in [9.17, 15) is 14.4 Å². The largest absolute Gasteiger partial charge is 0.478 e. The number of fused-ring (bicyclic) bond motifs is 1. The molecule has 0 radical (unpaired) electrons. The Labute approximate surface area is 186 Å². The van der Waals surface area contributed by atoms with Crippen LogP contribution in [0.2, 0.25) is 0 Å². The Morgan fingerprint density at radius 2 is 1.84 bits per heavy atom. The average molecular weight is 437 g/mol. The van der Waals surface area contributed by atoms with Crippen molar-refractivity contribution in [3.63, 3.8) is 0 Å². The molecule has 2 aromatic carbocycles. The number of para-hydroxylation sites is 2. The molecule has 4 rings (SSSR count). The third-order valence-corrected chi connectivity index (χ3v) is 5.59. The molecule has 2 atom stereocenters. The van der Waals surface area contributed by atoms with Gasteiger partial charge in [-0.15, -0.1) is 0 Å². The molecule has 2 aliphatic rings. The number of hydrogen-bond acceptors (Lipinski definition) is 6. The number of nitrogens with zero attached hydrogens (tertiary/aromatic N) is 1. The Kier molecular flexibility index (Phi) is 6.58. The predicted octanol–water partition coefficient (Wildman–Crippen LogP) is 3.34. The summed E-state index contributed by atoms with van der Waals surface area (Å²) in [5.41, 5.74) is 2.32. The molecule has 0 unspecified atom stereocenters. The van der Waals surface area contributed by atoms with Crippen molar-refractivity contribution in [2.24, 2.45) is 0 Å². The van der Waals surface area contributed by atoms with E-state index in [-0.39, 0.29) is 6.42 Å². The van der Waals surface area contributed by atoms with Crippen LogP contribution in [0, 0.1) is 0 Å². The topological polar surface area (TPSA) is 97.0 Å². The van der Waals surface area contributed by atoms with E-state index in [2.05, 4.69) is 15.5 Å². The Morgan fingerprint density at radius 3 is 2.59 bits per heavy atom. The number of ether oxygens (including phenoxy) is 2. The monoisotopic (exact) mass is 437 g/mol. The summed E-state index contributed by atoms with van der Waals surface area (Å²) in [4.78, 5) is 39.2. The van der Waals surface area contributed by atoms with Crippen LogP contribution in [0.1, 0.15) is 32.6 Å². The fraction of sp³-hybridized carbons (Fsp3) is 0.375. The highest BCUT2D eigenvalue weighted by molar-refractivity contribution is 6.00. The lowest BCUT2D eigenvalue weighted by Crippen LogP contribution is -2.40. The van der Waals surface area contributed by atoms with E-state index in [1.807, 2.05) is 24.3 Å². The lowest BCUT2D eigenvalue weighted by molar-refractivity contribution is -0.155. The maximum Gasteiger partial charge on any atom is 0.310 e. The van der Waals surface area contributed by atoms with Gasteiger partial charge in [-0.25, -0.2) is 0 Å². The number of hydrogen-bond donors (Lipinski definition) is 2. The first kappa shape index (κ1) is 21.7. The fourth-order valence-electron chi connectivity index (χ4n) is 3.83. The normalized spacial score (nSPS) is 18.6. The molecule has 2 aromatic rings. The molecule has 2 amide bonds. The van der Waals surface area contributed by atoms with Gasteiger partial charge in [0.2, 0.25) is 0 Å². The zero-order valence-corrected chi connectivity index (χ0v) is 18.0. The third kappa shape index (κ3) is 5.19. The van der Waals surface area contributed by atoms with E-state index in [0.717, 1.165) is 18.8 Å². The first-order valence-corrected chi connectivity index (χ1v) is 10.9. The minimum Gasteiger partial charge on any atom is -0.478 e. The maximum absolute atomic E-state index is 12.4. The minimum atomic E-state index is -1.01. The molecular weight excluding hydrogens is 410 g/mol. The second-order valence-corrected chi connectivity index (χ2v) is 8.01. The van der Waals surface area contributed by atoms with E-state index >= 15 is 0 Å². The number of carbonyl (C=O) groups is 3. The summed E-state index contributed by atoms with van der Waals surface area (Å²) < 4.78 is 10.8. The molecule has 0 aromatic heterocycles. The second-order valence-electron chi connectivity index (χ2n) is 8.01. The molecule has 2 N–H and O–H groups in total. The molecule has 0 bridgehead atoms. The molecule has 8 nitrogen and oxygen atoms in total. The number of benzene rings is 2. The molecule has 168 valence electrons. The predicted molar refractivity (Wildman–Crippen MR) is 121 cm³/mol. The number of esters is 1. The molecule has 32 heavy (non-hydrogen) atoms. The number of rotatable bonds is 6. The number of nitrogens with one attached hydrogen (secondary N) is 2. The van der Waals surface area contributed by atoms with Gasteiger partial charge in [-0.05, 0) is 62.6 Å². The summed E-state index contributed by atoms with van der Waals surface area (Å²) in [6, 6.07) is 14.6. The van der Waals surface area contributed by atoms with Gasteiger partial charge in [-0.3, -0.25) is 14.4 Å². The number of anilines is 3. The molecule has 1 fully saturated rings. The van der Waals surface area contributed by atoms with Crippen molar-refractivity contribution in [1.29, 1.82) is 0 Å². The van der Waals surface area contributed by atoms with E-state index in [1.54, 1.807) is 24.3 Å². The minimum absolute atomic E-state index is 0.289. The summed E-state index contributed by atoms with van der Waals surface area (Å²) in [6.45, 7) is 3.59. The van der Waals surface area contributed by atoms with Crippen LogP contribution in [0.15, 0.2) is 48.5 Å². The maximum atomic E-state index is 12.4. The summed E-state index contributed by atoms with van der Waals surface area (Å²) >= 11 is 0. The first-order valence-electron chi connectivity index (χ1n) is 10.9. The third-order valence-electron chi connectivity index (χ3n) is 5.59. The molecule has 0 aliphatic carbocycles. The van der Waals surface area contributed by atoms with Crippen LogP contribution in [0.5, 0.6) is 5.75 Å². The van der Waals surface area contributed by atoms with Gasteiger partial charge >= 0.3 is 5.97 Å². The van der Waals surface area contributed by atoms with Crippen molar-refractivity contribution in [2.45, 2.75) is 44.8 Å². The smallest absolute Gasteiger partial charge is 0.310 e. The van der Waals surface area contributed by atoms with Crippen LogP contribution in [-0.4, -0.2) is 43.1 Å². The summed E-state index contributed by atoms with van der Waals surface area (Å²) in [5, 5.41) is 5.46. The van der Waals surface area contributed by atoms with Crippen LogP contribution < -0.4 is 20.3 Å². The van der Waals surface area contributed by atoms with Crippen molar-refractivity contribution in [2.75, 3.05) is 28.6 Å². The lowest BCUT2D eigenvalue weighted by atomic mass is 10.1. The Bertz CT molecular complexity index is 985. The molecule has 8 heteroatoms. The van der Waals surface area contributed by atoms with E-state index in [1.165, 1.54) is 26.2 Å². The van der Waals surface area contributed by atoms with Crippen LogP contribution in [0.3, 0.4) is 0 Å². The SMILES string of the molecule is C[C@H](OC(=O)C[C@@H]1Oc2ccccc2NC1=O)C(=O)Nc1ccc(N2CCCCC2)cc1. The van der Waals surface area contributed by atoms with E-state index in [4.69, 9.17) is 9.47 Å². The highest BCUT2D eigenvalue weighted by Crippen LogP contribution is 2.29. The van der Waals surface area contributed by atoms with E-state index < -0.39 is 30.0 Å². The van der Waals surface area contributed by atoms with Crippen molar-refractivity contribution < 1.29 is 23.9 Å². The number of piperidine rings is 1. The first-order chi connectivity index (χ1) is 15.5. The van der Waals surface area contributed by atoms with Crippen LogP contribution in [0.25, 0.3) is 0 Å². The van der Waals surface area contributed by atoms with Crippen molar-refractivity contribution in [3.05, 3.63) is 48.5 Å². The van der Waals surface area contributed by atoms with Crippen molar-refractivity contribution >= 4 is 34.8 Å². The Balaban J connectivity index is 1.27.